The number of pyridine rings is 2. The van der Waals surface area contributed by atoms with Crippen molar-refractivity contribution in [3.8, 4) is 11.4 Å². The molecule has 3 aromatic rings. The Balaban J connectivity index is 0.00000157. The van der Waals surface area contributed by atoms with Crippen LogP contribution in [0.1, 0.15) is 86.9 Å². The fourth-order valence-electron chi connectivity index (χ4n) is 5.90. The molecule has 0 fully saturated rings. The molecule has 10 heteroatoms. The smallest absolute Gasteiger partial charge is 0.254 e. The number of nitrogens with zero attached hydrogens (tertiary/aromatic N) is 2. The van der Waals surface area contributed by atoms with Crippen LogP contribution in [0.2, 0.25) is 0 Å². The molecule has 1 amide bonds. The fourth-order valence-corrected chi connectivity index (χ4v) is 5.90. The van der Waals surface area contributed by atoms with Crippen LogP contribution in [0.25, 0.3) is 22.3 Å². The summed E-state index contributed by atoms with van der Waals surface area (Å²) >= 11 is 0. The molecular formula is C30H36FN3O4UV-2. The number of aromatic nitrogens is 2. The third kappa shape index (κ3) is 5.41. The molecule has 7 nitrogen and oxygen atoms in total. The second-order valence-corrected chi connectivity index (χ2v) is 9.48. The molecule has 1 aliphatic carbocycles. The molecule has 1 unspecified atom stereocenters. The van der Waals surface area contributed by atoms with Crippen LogP contribution >= 0.6 is 0 Å². The van der Waals surface area contributed by atoms with E-state index in [4.69, 9.17) is 4.98 Å². The maximum Gasteiger partial charge on any atom is 0.254 e. The van der Waals surface area contributed by atoms with Crippen LogP contribution in [0.5, 0.6) is 0 Å². The van der Waals surface area contributed by atoms with Crippen LogP contribution in [0.3, 0.4) is 0 Å². The number of aliphatic hydroxyl groups is 1. The number of carbonyl (C=O) groups excluding carboxylic acids is 2. The van der Waals surface area contributed by atoms with E-state index in [1.165, 1.54) is 13.0 Å². The van der Waals surface area contributed by atoms with Gasteiger partial charge < -0.3 is 27.2 Å². The molecule has 1 radical (unpaired) electrons. The Morgan fingerprint density at radius 3 is 2.48 bits per heavy atom. The average molecular weight is 811 g/mol. The van der Waals surface area contributed by atoms with Gasteiger partial charge in [-0.25, -0.2) is 9.37 Å². The number of aryl methyl sites for hydroxylation is 1. The van der Waals surface area contributed by atoms with E-state index >= 15 is 0 Å². The molecule has 213 valence electrons. The van der Waals surface area contributed by atoms with Gasteiger partial charge in [-0.2, -0.15) is 6.41 Å². The Morgan fingerprint density at radius 2 is 1.93 bits per heavy atom. The normalized spacial score (nSPS) is 15.6. The molecule has 0 saturated heterocycles. The SMILES string of the molecule is CC.CCc1c(C(O)(CC)C(C)=O)cc2n(c1=O)Cc1c-2nc2cc(F)c(C)c3c2c1[C@@H](N[C-]=O)CC3.[CH3-].[U].[V]. The zero-order chi connectivity index (χ0) is 27.2. The molecule has 0 saturated carbocycles. The summed E-state index contributed by atoms with van der Waals surface area (Å²) in [5, 5.41) is 14.8. The molecule has 2 N–H and O–H groups in total. The molecule has 3 heterocycles. The minimum Gasteiger partial charge on any atom is -0.524 e. The van der Waals surface area contributed by atoms with E-state index in [-0.39, 0.29) is 87.5 Å². The van der Waals surface area contributed by atoms with Gasteiger partial charge in [-0.05, 0) is 62.3 Å². The summed E-state index contributed by atoms with van der Waals surface area (Å²) in [6, 6.07) is 2.74. The van der Waals surface area contributed by atoms with Gasteiger partial charge in [0.05, 0.1) is 23.4 Å². The predicted molar refractivity (Wildman–Crippen MR) is 147 cm³/mol. The van der Waals surface area contributed by atoms with Crippen LogP contribution in [0.4, 0.5) is 4.39 Å². The second-order valence-electron chi connectivity index (χ2n) is 9.48. The molecule has 2 aromatic heterocycles. The number of halogens is 1. The number of benzene rings is 1. The Kier molecular flexibility index (Phi) is 12.6. The van der Waals surface area contributed by atoms with Gasteiger partial charge in [-0.15, -0.1) is 0 Å². The van der Waals surface area contributed by atoms with E-state index in [2.05, 4.69) is 5.32 Å². The Labute approximate surface area is 271 Å². The standard InChI is InChI=1S/C27H27FN3O4.C2H6.CH3.U.V/c1-5-15-18(27(35,6-2)14(4)33)9-22-25-17(11-31(22)26(15)34)24-20(29-12-32)8-7-16-13(3)19(28)10-21(30-25)23(16)24;1-2;;;/h9-10,20,35H,5-8,11H2,1-4H3,(H,29,32);1-2H3;1H3;;/q-1;;-1;;/t20-,27?;;;;/m0..../s1. The maximum absolute atomic E-state index is 14.8. The first-order valence-electron chi connectivity index (χ1n) is 13.0. The van der Waals surface area contributed by atoms with E-state index in [0.717, 1.165) is 22.1 Å². The van der Waals surface area contributed by atoms with Gasteiger partial charge >= 0.3 is 0 Å². The van der Waals surface area contributed by atoms with Crippen molar-refractivity contribution < 1.29 is 68.8 Å². The number of amides is 1. The van der Waals surface area contributed by atoms with Crippen molar-refractivity contribution in [2.24, 2.45) is 0 Å². The first kappa shape index (κ1) is 36.3. The van der Waals surface area contributed by atoms with Crippen molar-refractivity contribution in [3.63, 3.8) is 0 Å². The van der Waals surface area contributed by atoms with Crippen LogP contribution in [0.15, 0.2) is 16.9 Å². The number of Topliss-reactive ketones (excluding diaryl/α,β-unsaturated/α-hetero) is 1. The Morgan fingerprint density at radius 1 is 1.27 bits per heavy atom. The number of rotatable bonds is 6. The quantitative estimate of drug-likeness (QED) is 0.217. The summed E-state index contributed by atoms with van der Waals surface area (Å²) in [6.07, 6.45) is 3.43. The van der Waals surface area contributed by atoms with Gasteiger partial charge in [0.2, 0.25) is 0 Å². The van der Waals surface area contributed by atoms with Crippen molar-refractivity contribution >= 4 is 23.1 Å². The van der Waals surface area contributed by atoms with Crippen LogP contribution in [-0.2, 0) is 53.1 Å². The number of carbonyl (C=O) groups is 1. The summed E-state index contributed by atoms with van der Waals surface area (Å²) in [7, 11) is 0. The monoisotopic (exact) mass is 810 g/mol. The molecule has 1 aliphatic heterocycles. The molecule has 1 aromatic carbocycles. The summed E-state index contributed by atoms with van der Waals surface area (Å²) in [4.78, 5) is 42.2. The largest absolute Gasteiger partial charge is 0.524 e. The Bertz CT molecular complexity index is 1510. The Hall–Kier alpha value is -1.75. The van der Waals surface area contributed by atoms with E-state index in [1.54, 1.807) is 30.9 Å². The first-order valence-corrected chi connectivity index (χ1v) is 13.0. The van der Waals surface area contributed by atoms with Gasteiger partial charge in [0.15, 0.2) is 5.78 Å². The number of nitrogens with one attached hydrogen (secondary N) is 1. The summed E-state index contributed by atoms with van der Waals surface area (Å²) < 4.78 is 16.4. The van der Waals surface area contributed by atoms with E-state index in [9.17, 15) is 23.9 Å². The average Bonchev–Trinajstić information content (AvgIpc) is 3.27. The topological polar surface area (TPSA) is 101 Å². The van der Waals surface area contributed by atoms with Crippen molar-refractivity contribution in [3.05, 3.63) is 69.1 Å². The van der Waals surface area contributed by atoms with E-state index < -0.39 is 11.4 Å². The molecule has 5 rings (SSSR count). The van der Waals surface area contributed by atoms with Gasteiger partial charge in [0.1, 0.15) is 11.4 Å². The van der Waals surface area contributed by atoms with Crippen molar-refractivity contribution in [2.45, 2.75) is 85.4 Å². The zero-order valence-corrected chi connectivity index (χ0v) is 29.7. The van der Waals surface area contributed by atoms with Gasteiger partial charge in [0.25, 0.3) is 5.56 Å². The van der Waals surface area contributed by atoms with E-state index in [1.807, 2.05) is 20.8 Å². The predicted octanol–water partition coefficient (Wildman–Crippen LogP) is 4.74. The second kappa shape index (κ2) is 13.9. The summed E-state index contributed by atoms with van der Waals surface area (Å²) in [5.74, 6) is -0.791. The minimum absolute atomic E-state index is 0. The summed E-state index contributed by atoms with van der Waals surface area (Å²) in [5.41, 5.74) is 3.08. The van der Waals surface area contributed by atoms with Crippen LogP contribution < -0.4 is 10.9 Å². The molecule has 0 spiro atoms. The van der Waals surface area contributed by atoms with Gasteiger partial charge in [-0.3, -0.25) is 9.59 Å². The zero-order valence-electron chi connectivity index (χ0n) is 24.2. The molecular weight excluding hydrogens is 774 g/mol. The van der Waals surface area contributed by atoms with Gasteiger partial charge in [0, 0.05) is 83.9 Å². The van der Waals surface area contributed by atoms with Gasteiger partial charge in [-0.1, -0.05) is 27.7 Å². The van der Waals surface area contributed by atoms with Crippen molar-refractivity contribution in [1.29, 1.82) is 0 Å². The number of hydrogen-bond donors (Lipinski definition) is 2. The number of hydrogen-bond acceptors (Lipinski definition) is 5. The first-order chi connectivity index (χ1) is 17.7. The van der Waals surface area contributed by atoms with E-state index in [0.29, 0.717) is 52.9 Å². The summed E-state index contributed by atoms with van der Waals surface area (Å²) in [6.45, 7) is 10.8. The van der Waals surface area contributed by atoms with Crippen molar-refractivity contribution in [2.75, 3.05) is 0 Å². The number of fused-ring (bicyclic) bond motifs is 4. The number of ketones is 1. The minimum atomic E-state index is -1.79. The third-order valence-electron chi connectivity index (χ3n) is 7.86. The fraction of sp³-hybridized carbons (Fsp3) is 0.433. The van der Waals surface area contributed by atoms with Crippen LogP contribution in [-0.4, -0.2) is 26.9 Å². The molecule has 40 heavy (non-hydrogen) atoms. The maximum atomic E-state index is 14.8. The molecule has 2 atom stereocenters. The molecule has 2 aliphatic rings. The molecule has 0 bridgehead atoms. The third-order valence-corrected chi connectivity index (χ3v) is 7.86. The van der Waals surface area contributed by atoms with Crippen molar-refractivity contribution in [1.82, 2.24) is 14.9 Å². The van der Waals surface area contributed by atoms with Crippen LogP contribution in [0, 0.1) is 51.3 Å².